The number of rotatable bonds is 6. The molecule has 0 radical (unpaired) electrons. The maximum atomic E-state index is 13.1. The fourth-order valence-electron chi connectivity index (χ4n) is 5.21. The third kappa shape index (κ3) is 5.72. The van der Waals surface area contributed by atoms with E-state index in [-0.39, 0.29) is 11.7 Å². The molecule has 7 nitrogen and oxygen atoms in total. The van der Waals surface area contributed by atoms with Crippen LogP contribution in [-0.4, -0.2) is 62.5 Å². The molecule has 0 N–H and O–H groups in total. The minimum absolute atomic E-state index is 0.0670. The van der Waals surface area contributed by atoms with Gasteiger partial charge in [0.25, 0.3) is 0 Å². The Hall–Kier alpha value is -4.12. The molecule has 0 unspecified atom stereocenters. The van der Waals surface area contributed by atoms with Crippen LogP contribution in [0.15, 0.2) is 78.0 Å². The van der Waals surface area contributed by atoms with Crippen LogP contribution in [0.3, 0.4) is 0 Å². The van der Waals surface area contributed by atoms with E-state index in [0.717, 1.165) is 34.1 Å². The van der Waals surface area contributed by atoms with Gasteiger partial charge < -0.3 is 14.4 Å². The highest BCUT2D eigenvalue weighted by Crippen LogP contribution is 2.32. The zero-order valence-corrected chi connectivity index (χ0v) is 23.1. The molecule has 1 fully saturated rings. The number of aryl methyl sites for hydroxylation is 1. The van der Waals surface area contributed by atoms with Crippen molar-refractivity contribution in [1.82, 2.24) is 24.6 Å². The Morgan fingerprint density at radius 1 is 0.927 bits per heavy atom. The predicted octanol–water partition coefficient (Wildman–Crippen LogP) is 5.80. The van der Waals surface area contributed by atoms with Gasteiger partial charge in [0.1, 0.15) is 5.52 Å². The first-order valence-electron chi connectivity index (χ1n) is 13.3. The second kappa shape index (κ2) is 11.0. The highest BCUT2D eigenvalue weighted by Gasteiger charge is 2.31. The van der Waals surface area contributed by atoms with Gasteiger partial charge in [-0.2, -0.15) is 13.2 Å². The number of hydrogen-bond acceptors (Lipinski definition) is 6. The fraction of sp³-hybridized carbons (Fsp3) is 0.267. The first kappa shape index (κ1) is 27.1. The number of aromatic nitrogens is 4. The molecule has 0 aliphatic carbocycles. The summed E-state index contributed by atoms with van der Waals surface area (Å²) in [5.74, 6) is 0.0807. The average Bonchev–Trinajstić information content (AvgIpc) is 3.28. The maximum absolute atomic E-state index is 13.1. The molecule has 0 spiro atoms. The molecule has 3 aromatic carbocycles. The molecule has 6 rings (SSSR count). The quantitative estimate of drug-likeness (QED) is 0.238. The smallest absolute Gasteiger partial charge is 0.368 e. The summed E-state index contributed by atoms with van der Waals surface area (Å²) >= 11 is 1.24. The molecular formula is C30H27F3N6OS. The molecule has 2 aromatic heterocycles. The third-order valence-electron chi connectivity index (χ3n) is 7.27. The second-order valence-electron chi connectivity index (χ2n) is 10.1. The maximum Gasteiger partial charge on any atom is 0.416 e. The first-order chi connectivity index (χ1) is 19.8. The lowest BCUT2D eigenvalue weighted by Gasteiger charge is -2.36. The van der Waals surface area contributed by atoms with Gasteiger partial charge in [-0.25, -0.2) is 4.98 Å². The Bertz CT molecular complexity index is 1730. The van der Waals surface area contributed by atoms with E-state index in [4.69, 9.17) is 4.98 Å². The molecule has 0 atom stereocenters. The minimum Gasteiger partial charge on any atom is -0.368 e. The lowest BCUT2D eigenvalue weighted by atomic mass is 10.1. The molecule has 3 heterocycles. The normalized spacial score (nSPS) is 14.2. The van der Waals surface area contributed by atoms with Crippen LogP contribution >= 0.6 is 11.8 Å². The summed E-state index contributed by atoms with van der Waals surface area (Å²) in [4.78, 5) is 21.4. The van der Waals surface area contributed by atoms with E-state index in [1.165, 1.54) is 23.4 Å². The molecular weight excluding hydrogens is 549 g/mol. The minimum atomic E-state index is -4.39. The van der Waals surface area contributed by atoms with E-state index < -0.39 is 11.7 Å². The van der Waals surface area contributed by atoms with Crippen LogP contribution in [-0.2, 0) is 17.5 Å². The topological polar surface area (TPSA) is 67.2 Å². The number of carbonyl (C=O) groups is 1. The first-order valence-corrected chi connectivity index (χ1v) is 14.2. The van der Waals surface area contributed by atoms with E-state index >= 15 is 0 Å². The summed E-state index contributed by atoms with van der Waals surface area (Å²) in [6.45, 7) is 4.47. The van der Waals surface area contributed by atoms with Crippen molar-refractivity contribution in [2.75, 3.05) is 36.8 Å². The number of nitrogens with zero attached hydrogens (tertiary/aromatic N) is 6. The number of amides is 1. The Labute approximate surface area is 239 Å². The van der Waals surface area contributed by atoms with E-state index in [2.05, 4.69) is 39.9 Å². The fourth-order valence-corrected chi connectivity index (χ4v) is 5.90. The van der Waals surface area contributed by atoms with Gasteiger partial charge in [-0.05, 0) is 36.8 Å². The molecule has 11 heteroatoms. The SMILES string of the molecule is Cc1cccc(Cn2c3ccccc3c3nnc(SCC(=O)N4CCN(c5cccc(C(F)(F)F)c5)CC4)nc32)c1. The standard InChI is InChI=1S/C30H27F3N6OS/c1-20-6-4-7-21(16-20)18-39-25-11-3-2-10-24(25)27-28(39)34-29(36-35-27)41-19-26(40)38-14-12-37(13-15-38)23-9-5-8-22(17-23)30(31,32)33/h2-11,16-17H,12-15,18-19H2,1H3. The number of hydrogen-bond donors (Lipinski definition) is 0. The van der Waals surface area contributed by atoms with Gasteiger partial charge in [0.2, 0.25) is 11.1 Å². The monoisotopic (exact) mass is 576 g/mol. The number of alkyl halides is 3. The van der Waals surface area contributed by atoms with Crippen molar-refractivity contribution in [2.24, 2.45) is 0 Å². The van der Waals surface area contributed by atoms with Gasteiger partial charge in [0.15, 0.2) is 5.65 Å². The Morgan fingerprint density at radius 2 is 1.71 bits per heavy atom. The lowest BCUT2D eigenvalue weighted by Crippen LogP contribution is -2.49. The van der Waals surface area contributed by atoms with Crippen molar-refractivity contribution in [3.63, 3.8) is 0 Å². The van der Waals surface area contributed by atoms with Crippen molar-refractivity contribution in [1.29, 1.82) is 0 Å². The number of thioether (sulfide) groups is 1. The summed E-state index contributed by atoms with van der Waals surface area (Å²) in [5.41, 5.74) is 4.62. The Morgan fingerprint density at radius 3 is 2.49 bits per heavy atom. The zero-order chi connectivity index (χ0) is 28.6. The number of carbonyl (C=O) groups excluding carboxylic acids is 1. The third-order valence-corrected chi connectivity index (χ3v) is 8.10. The second-order valence-corrected chi connectivity index (χ2v) is 11.0. The summed E-state index contributed by atoms with van der Waals surface area (Å²) in [6, 6.07) is 21.7. The van der Waals surface area contributed by atoms with Gasteiger partial charge in [0, 0.05) is 43.8 Å². The van der Waals surface area contributed by atoms with E-state index in [9.17, 15) is 18.0 Å². The van der Waals surface area contributed by atoms with E-state index in [1.807, 2.05) is 35.2 Å². The predicted molar refractivity (Wildman–Crippen MR) is 154 cm³/mol. The molecule has 5 aromatic rings. The molecule has 0 saturated carbocycles. The molecule has 1 amide bonds. The Balaban J connectivity index is 1.14. The van der Waals surface area contributed by atoms with Gasteiger partial charge in [-0.3, -0.25) is 4.79 Å². The molecule has 1 aliphatic rings. The van der Waals surface area contributed by atoms with Crippen molar-refractivity contribution in [3.8, 4) is 0 Å². The van der Waals surface area contributed by atoms with Gasteiger partial charge >= 0.3 is 6.18 Å². The summed E-state index contributed by atoms with van der Waals surface area (Å²) < 4.78 is 41.5. The summed E-state index contributed by atoms with van der Waals surface area (Å²) in [5, 5.41) is 10.2. The van der Waals surface area contributed by atoms with Crippen molar-refractivity contribution in [3.05, 3.63) is 89.5 Å². The molecule has 1 aliphatic heterocycles. The van der Waals surface area contributed by atoms with Gasteiger partial charge in [-0.15, -0.1) is 10.2 Å². The average molecular weight is 577 g/mol. The van der Waals surface area contributed by atoms with Crippen LogP contribution in [0.4, 0.5) is 18.9 Å². The van der Waals surface area contributed by atoms with Gasteiger partial charge in [0.05, 0.1) is 16.8 Å². The van der Waals surface area contributed by atoms with Crippen LogP contribution in [0.2, 0.25) is 0 Å². The van der Waals surface area contributed by atoms with Crippen LogP contribution in [0.25, 0.3) is 22.1 Å². The van der Waals surface area contributed by atoms with Crippen molar-refractivity contribution in [2.45, 2.75) is 24.8 Å². The lowest BCUT2D eigenvalue weighted by molar-refractivity contribution is -0.137. The largest absolute Gasteiger partial charge is 0.416 e. The highest BCUT2D eigenvalue weighted by atomic mass is 32.2. The van der Waals surface area contributed by atoms with Crippen LogP contribution in [0.1, 0.15) is 16.7 Å². The number of fused-ring (bicyclic) bond motifs is 3. The van der Waals surface area contributed by atoms with Crippen LogP contribution < -0.4 is 4.90 Å². The highest BCUT2D eigenvalue weighted by molar-refractivity contribution is 7.99. The molecule has 41 heavy (non-hydrogen) atoms. The number of anilines is 1. The van der Waals surface area contributed by atoms with Gasteiger partial charge in [-0.1, -0.05) is 65.9 Å². The van der Waals surface area contributed by atoms with E-state index in [0.29, 0.717) is 49.2 Å². The molecule has 1 saturated heterocycles. The zero-order valence-electron chi connectivity index (χ0n) is 22.3. The number of benzene rings is 3. The van der Waals surface area contributed by atoms with Crippen molar-refractivity contribution < 1.29 is 18.0 Å². The summed E-state index contributed by atoms with van der Waals surface area (Å²) in [7, 11) is 0. The number of halogens is 3. The van der Waals surface area contributed by atoms with Crippen molar-refractivity contribution >= 4 is 45.4 Å². The molecule has 0 bridgehead atoms. The van der Waals surface area contributed by atoms with Crippen LogP contribution in [0, 0.1) is 6.92 Å². The Kier molecular flexibility index (Phi) is 7.29. The van der Waals surface area contributed by atoms with E-state index in [1.54, 1.807) is 11.0 Å². The van der Waals surface area contributed by atoms with Crippen LogP contribution in [0.5, 0.6) is 0 Å². The molecule has 210 valence electrons. The summed E-state index contributed by atoms with van der Waals surface area (Å²) in [6.07, 6.45) is -4.39. The number of piperazine rings is 1. The number of para-hydroxylation sites is 1.